The zero-order chi connectivity index (χ0) is 14.7. The smallest absolute Gasteiger partial charge is 0.240 e. The summed E-state index contributed by atoms with van der Waals surface area (Å²) in [7, 11) is 0. The van der Waals surface area contributed by atoms with Crippen LogP contribution in [0.5, 0.6) is 0 Å². The molecule has 5 heteroatoms. The van der Waals surface area contributed by atoms with Crippen molar-refractivity contribution in [2.75, 3.05) is 18.2 Å². The van der Waals surface area contributed by atoms with Crippen LogP contribution in [0.1, 0.15) is 36.4 Å². The number of benzene rings is 1. The summed E-state index contributed by atoms with van der Waals surface area (Å²) in [5.74, 6) is 1.15. The van der Waals surface area contributed by atoms with Crippen molar-refractivity contribution in [2.45, 2.75) is 31.7 Å². The van der Waals surface area contributed by atoms with Gasteiger partial charge in [0.15, 0.2) is 0 Å². The maximum Gasteiger partial charge on any atom is 0.240 e. The standard InChI is InChI=1S/C16H20N2O2S/c19-15(9-18-11-21-10-16(18)20)17-14-8-4-2-6-12-5-1-3-7-13(12)14/h1,3,5,7,14H,2,4,6,8-11H2,(H,17,19). The third kappa shape index (κ3) is 3.40. The summed E-state index contributed by atoms with van der Waals surface area (Å²) in [6.45, 7) is 0.185. The molecule has 1 unspecified atom stereocenters. The molecule has 112 valence electrons. The maximum absolute atomic E-state index is 12.2. The van der Waals surface area contributed by atoms with Gasteiger partial charge in [-0.25, -0.2) is 0 Å². The molecule has 0 aromatic heterocycles. The molecule has 0 saturated carbocycles. The number of thioether (sulfide) groups is 1. The summed E-state index contributed by atoms with van der Waals surface area (Å²) >= 11 is 1.57. The van der Waals surface area contributed by atoms with Crippen LogP contribution in [-0.2, 0) is 16.0 Å². The predicted octanol–water partition coefficient (Wildman–Crippen LogP) is 2.10. The van der Waals surface area contributed by atoms with E-state index < -0.39 is 0 Å². The molecule has 1 N–H and O–H groups in total. The fourth-order valence-corrected chi connectivity index (χ4v) is 3.93. The molecule has 2 aliphatic rings. The van der Waals surface area contributed by atoms with Crippen LogP contribution in [0.3, 0.4) is 0 Å². The van der Waals surface area contributed by atoms with Crippen LogP contribution in [-0.4, -0.2) is 34.9 Å². The monoisotopic (exact) mass is 304 g/mol. The van der Waals surface area contributed by atoms with Gasteiger partial charge in [-0.1, -0.05) is 30.7 Å². The minimum atomic E-state index is -0.0486. The highest BCUT2D eigenvalue weighted by Crippen LogP contribution is 2.28. The van der Waals surface area contributed by atoms with Crippen LogP contribution >= 0.6 is 11.8 Å². The van der Waals surface area contributed by atoms with Gasteiger partial charge in [0, 0.05) is 0 Å². The van der Waals surface area contributed by atoms with Crippen LogP contribution in [0.25, 0.3) is 0 Å². The highest BCUT2D eigenvalue weighted by atomic mass is 32.2. The molecular formula is C16H20N2O2S. The van der Waals surface area contributed by atoms with Gasteiger partial charge in [-0.05, 0) is 30.4 Å². The number of hydrogen-bond acceptors (Lipinski definition) is 3. The van der Waals surface area contributed by atoms with Gasteiger partial charge in [0.25, 0.3) is 0 Å². The number of carbonyl (C=O) groups is 2. The topological polar surface area (TPSA) is 49.4 Å². The van der Waals surface area contributed by atoms with Gasteiger partial charge >= 0.3 is 0 Å². The molecule has 1 aromatic carbocycles. The SMILES string of the molecule is O=C(CN1CSCC1=O)NC1CCCCc2ccccc21. The molecule has 0 spiro atoms. The van der Waals surface area contributed by atoms with E-state index in [4.69, 9.17) is 0 Å². The zero-order valence-corrected chi connectivity index (χ0v) is 12.8. The summed E-state index contributed by atoms with van der Waals surface area (Å²) < 4.78 is 0. The predicted molar refractivity (Wildman–Crippen MR) is 83.9 cm³/mol. The number of rotatable bonds is 3. The van der Waals surface area contributed by atoms with E-state index in [2.05, 4.69) is 23.5 Å². The van der Waals surface area contributed by atoms with Gasteiger partial charge in [0.05, 0.1) is 17.7 Å². The van der Waals surface area contributed by atoms with Crippen LogP contribution in [0, 0.1) is 0 Å². The number of carbonyl (C=O) groups excluding carboxylic acids is 2. The van der Waals surface area contributed by atoms with Gasteiger partial charge in [0.1, 0.15) is 6.54 Å². The lowest BCUT2D eigenvalue weighted by Gasteiger charge is -2.21. The Morgan fingerprint density at radius 1 is 1.33 bits per heavy atom. The van der Waals surface area contributed by atoms with E-state index in [0.717, 1.165) is 19.3 Å². The van der Waals surface area contributed by atoms with Crippen molar-refractivity contribution in [1.29, 1.82) is 0 Å². The Kier molecular flexibility index (Phi) is 4.48. The highest BCUT2D eigenvalue weighted by molar-refractivity contribution is 8.00. The Morgan fingerprint density at radius 3 is 3.00 bits per heavy atom. The third-order valence-electron chi connectivity index (χ3n) is 4.11. The molecule has 1 heterocycles. The molecule has 2 amide bonds. The molecule has 1 aromatic rings. The first-order valence-electron chi connectivity index (χ1n) is 7.47. The van der Waals surface area contributed by atoms with E-state index in [-0.39, 0.29) is 24.4 Å². The van der Waals surface area contributed by atoms with Gasteiger partial charge in [0.2, 0.25) is 11.8 Å². The Bertz CT molecular complexity index is 547. The first-order valence-corrected chi connectivity index (χ1v) is 8.62. The molecular weight excluding hydrogens is 284 g/mol. The van der Waals surface area contributed by atoms with Crippen molar-refractivity contribution in [3.05, 3.63) is 35.4 Å². The number of nitrogens with zero attached hydrogens (tertiary/aromatic N) is 1. The average Bonchev–Trinajstić information content (AvgIpc) is 2.77. The van der Waals surface area contributed by atoms with Crippen LogP contribution in [0.2, 0.25) is 0 Å². The van der Waals surface area contributed by atoms with Crippen molar-refractivity contribution in [3.63, 3.8) is 0 Å². The van der Waals surface area contributed by atoms with Crippen molar-refractivity contribution >= 4 is 23.6 Å². The second kappa shape index (κ2) is 6.52. The number of fused-ring (bicyclic) bond motifs is 1. The normalized spacial score (nSPS) is 21.8. The lowest BCUT2D eigenvalue weighted by Crippen LogP contribution is -2.39. The molecule has 21 heavy (non-hydrogen) atoms. The van der Waals surface area contributed by atoms with Crippen molar-refractivity contribution in [3.8, 4) is 0 Å². The van der Waals surface area contributed by atoms with Gasteiger partial charge in [-0.2, -0.15) is 0 Å². The molecule has 1 saturated heterocycles. The lowest BCUT2D eigenvalue weighted by molar-refractivity contribution is -0.132. The Labute approximate surface area is 129 Å². The third-order valence-corrected chi connectivity index (χ3v) is 5.06. The summed E-state index contributed by atoms with van der Waals surface area (Å²) in [5.41, 5.74) is 2.58. The summed E-state index contributed by atoms with van der Waals surface area (Å²) in [6.07, 6.45) is 4.36. The Hall–Kier alpha value is -1.49. The second-order valence-corrected chi connectivity index (χ2v) is 6.59. The van der Waals surface area contributed by atoms with E-state index in [1.165, 1.54) is 17.5 Å². The van der Waals surface area contributed by atoms with Crippen molar-refractivity contribution in [1.82, 2.24) is 10.2 Å². The molecule has 1 aliphatic heterocycles. The Balaban J connectivity index is 1.66. The van der Waals surface area contributed by atoms with Gasteiger partial charge in [-0.3, -0.25) is 9.59 Å². The van der Waals surface area contributed by atoms with E-state index in [1.54, 1.807) is 16.7 Å². The number of hydrogen-bond donors (Lipinski definition) is 1. The van der Waals surface area contributed by atoms with Crippen LogP contribution < -0.4 is 5.32 Å². The van der Waals surface area contributed by atoms with Crippen molar-refractivity contribution in [2.24, 2.45) is 0 Å². The van der Waals surface area contributed by atoms with Gasteiger partial charge < -0.3 is 10.2 Å². The fraction of sp³-hybridized carbons (Fsp3) is 0.500. The number of amides is 2. The van der Waals surface area contributed by atoms with Crippen LogP contribution in [0.15, 0.2) is 24.3 Å². The zero-order valence-electron chi connectivity index (χ0n) is 12.0. The lowest BCUT2D eigenvalue weighted by atomic mass is 9.99. The van der Waals surface area contributed by atoms with E-state index in [9.17, 15) is 9.59 Å². The highest BCUT2D eigenvalue weighted by Gasteiger charge is 2.25. The largest absolute Gasteiger partial charge is 0.348 e. The molecule has 0 bridgehead atoms. The van der Waals surface area contributed by atoms with Crippen LogP contribution in [0.4, 0.5) is 0 Å². The first kappa shape index (κ1) is 14.4. The second-order valence-electron chi connectivity index (χ2n) is 5.63. The quantitative estimate of drug-likeness (QED) is 0.870. The van der Waals surface area contributed by atoms with E-state index in [1.807, 2.05) is 6.07 Å². The maximum atomic E-state index is 12.2. The molecule has 1 aliphatic carbocycles. The molecule has 1 atom stereocenters. The number of nitrogens with one attached hydrogen (secondary N) is 1. The van der Waals surface area contributed by atoms with E-state index in [0.29, 0.717) is 11.6 Å². The van der Waals surface area contributed by atoms with Crippen molar-refractivity contribution < 1.29 is 9.59 Å². The minimum absolute atomic E-state index is 0.0486. The fourth-order valence-electron chi connectivity index (χ4n) is 3.02. The molecule has 4 nitrogen and oxygen atoms in total. The molecule has 3 rings (SSSR count). The Morgan fingerprint density at radius 2 is 2.19 bits per heavy atom. The average molecular weight is 304 g/mol. The van der Waals surface area contributed by atoms with E-state index >= 15 is 0 Å². The molecule has 1 fully saturated rings. The summed E-state index contributed by atoms with van der Waals surface area (Å²) in [5, 5.41) is 3.12. The minimum Gasteiger partial charge on any atom is -0.348 e. The number of aryl methyl sites for hydroxylation is 1. The molecule has 0 radical (unpaired) electrons. The summed E-state index contributed by atoms with van der Waals surface area (Å²) in [4.78, 5) is 25.4. The summed E-state index contributed by atoms with van der Waals surface area (Å²) in [6, 6.07) is 8.44. The van der Waals surface area contributed by atoms with Gasteiger partial charge in [-0.15, -0.1) is 11.8 Å². The first-order chi connectivity index (χ1) is 10.2.